The molecule has 0 saturated heterocycles. The van der Waals surface area contributed by atoms with Crippen LogP contribution < -0.4 is 5.32 Å². The van der Waals surface area contributed by atoms with Gasteiger partial charge in [-0.15, -0.1) is 5.10 Å². The van der Waals surface area contributed by atoms with Crippen LogP contribution in [0, 0.1) is 0 Å². The number of carbonyl (C=O) groups is 1. The molecule has 0 aliphatic heterocycles. The molecule has 0 aliphatic rings. The van der Waals surface area contributed by atoms with E-state index in [0.717, 1.165) is 6.29 Å². The third-order valence-electron chi connectivity index (χ3n) is 1.73. The largest absolute Gasteiger partial charge is 0.356 e. The van der Waals surface area contributed by atoms with Crippen molar-refractivity contribution in [2.24, 2.45) is 0 Å². The van der Waals surface area contributed by atoms with E-state index in [1.165, 1.54) is 4.52 Å². The first kappa shape index (κ1) is 7.72. The number of aromatic nitrogens is 3. The molecule has 13 heavy (non-hydrogen) atoms. The van der Waals surface area contributed by atoms with Crippen LogP contribution in [0.1, 0.15) is 10.5 Å². The molecule has 0 aromatic carbocycles. The quantitative estimate of drug-likeness (QED) is 0.680. The standard InChI is InChI=1S/C8H8N4O/c1-9-8-10-7-4-2-3-6(5-13)12(7)11-8/h2-5H,1H3,(H,9,11). The summed E-state index contributed by atoms with van der Waals surface area (Å²) in [6.45, 7) is 0. The highest BCUT2D eigenvalue weighted by molar-refractivity contribution is 5.73. The number of nitrogens with one attached hydrogen (secondary N) is 1. The summed E-state index contributed by atoms with van der Waals surface area (Å²) in [5.74, 6) is 0.509. The zero-order valence-corrected chi connectivity index (χ0v) is 7.06. The van der Waals surface area contributed by atoms with Crippen LogP contribution in [-0.2, 0) is 0 Å². The molecule has 5 nitrogen and oxygen atoms in total. The molecule has 0 amide bonds. The summed E-state index contributed by atoms with van der Waals surface area (Å²) >= 11 is 0. The number of pyridine rings is 1. The van der Waals surface area contributed by atoms with Crippen molar-refractivity contribution in [1.29, 1.82) is 0 Å². The van der Waals surface area contributed by atoms with E-state index < -0.39 is 0 Å². The van der Waals surface area contributed by atoms with E-state index in [2.05, 4.69) is 15.4 Å². The molecular formula is C8H8N4O. The average Bonchev–Trinajstić information content (AvgIpc) is 2.59. The van der Waals surface area contributed by atoms with E-state index in [1.54, 1.807) is 25.2 Å². The molecule has 0 atom stereocenters. The Kier molecular flexibility index (Phi) is 1.70. The number of rotatable bonds is 2. The smallest absolute Gasteiger partial charge is 0.242 e. The van der Waals surface area contributed by atoms with Gasteiger partial charge in [-0.1, -0.05) is 6.07 Å². The molecule has 1 N–H and O–H groups in total. The molecule has 0 saturated carbocycles. The number of hydrogen-bond acceptors (Lipinski definition) is 4. The van der Waals surface area contributed by atoms with Gasteiger partial charge in [0.2, 0.25) is 5.95 Å². The molecular weight excluding hydrogens is 168 g/mol. The maximum atomic E-state index is 10.6. The molecule has 5 heteroatoms. The predicted molar refractivity (Wildman–Crippen MR) is 47.9 cm³/mol. The normalized spacial score (nSPS) is 10.2. The third kappa shape index (κ3) is 1.14. The Balaban J connectivity index is 2.74. The fourth-order valence-corrected chi connectivity index (χ4v) is 1.12. The molecule has 66 valence electrons. The Morgan fingerprint density at radius 1 is 1.54 bits per heavy atom. The van der Waals surface area contributed by atoms with E-state index in [-0.39, 0.29) is 0 Å². The van der Waals surface area contributed by atoms with E-state index in [0.29, 0.717) is 17.3 Å². The first-order valence-electron chi connectivity index (χ1n) is 3.84. The van der Waals surface area contributed by atoms with Gasteiger partial charge in [0.25, 0.3) is 0 Å². The molecule has 2 aromatic rings. The molecule has 0 fully saturated rings. The van der Waals surface area contributed by atoms with Gasteiger partial charge in [-0.3, -0.25) is 4.79 Å². The third-order valence-corrected chi connectivity index (χ3v) is 1.73. The van der Waals surface area contributed by atoms with Crippen molar-refractivity contribution >= 4 is 17.9 Å². The SMILES string of the molecule is CNc1nc2cccc(C=O)n2n1. The Bertz CT molecular complexity index is 448. The lowest BCUT2D eigenvalue weighted by atomic mass is 10.4. The summed E-state index contributed by atoms with van der Waals surface area (Å²) in [6.07, 6.45) is 0.751. The van der Waals surface area contributed by atoms with Gasteiger partial charge in [0.05, 0.1) is 0 Å². The molecule has 0 bridgehead atoms. The molecule has 0 unspecified atom stereocenters. The van der Waals surface area contributed by atoms with Gasteiger partial charge in [0.15, 0.2) is 11.9 Å². The first-order valence-corrected chi connectivity index (χ1v) is 3.84. The van der Waals surface area contributed by atoms with Crippen molar-refractivity contribution in [2.75, 3.05) is 12.4 Å². The van der Waals surface area contributed by atoms with Gasteiger partial charge < -0.3 is 5.32 Å². The summed E-state index contributed by atoms with van der Waals surface area (Å²) in [4.78, 5) is 14.7. The van der Waals surface area contributed by atoms with Crippen molar-refractivity contribution in [2.45, 2.75) is 0 Å². The Labute approximate surface area is 74.4 Å². The molecule has 0 radical (unpaired) electrons. The maximum Gasteiger partial charge on any atom is 0.242 e. The van der Waals surface area contributed by atoms with Crippen molar-refractivity contribution in [1.82, 2.24) is 14.6 Å². The molecule has 0 spiro atoms. The maximum absolute atomic E-state index is 10.6. The van der Waals surface area contributed by atoms with E-state index in [4.69, 9.17) is 0 Å². The van der Waals surface area contributed by atoms with Crippen LogP contribution in [0.25, 0.3) is 5.65 Å². The number of anilines is 1. The molecule has 0 aliphatic carbocycles. The van der Waals surface area contributed by atoms with Crippen LogP contribution in [-0.4, -0.2) is 27.9 Å². The van der Waals surface area contributed by atoms with Crippen LogP contribution >= 0.6 is 0 Å². The van der Waals surface area contributed by atoms with E-state index in [1.807, 2.05) is 0 Å². The molecule has 2 rings (SSSR count). The van der Waals surface area contributed by atoms with Gasteiger partial charge >= 0.3 is 0 Å². The summed E-state index contributed by atoms with van der Waals surface area (Å²) in [5, 5.41) is 6.87. The summed E-state index contributed by atoms with van der Waals surface area (Å²) < 4.78 is 1.50. The second kappa shape index (κ2) is 2.85. The Morgan fingerprint density at radius 3 is 3.08 bits per heavy atom. The van der Waals surface area contributed by atoms with Crippen LogP contribution in [0.2, 0.25) is 0 Å². The number of hydrogen-bond donors (Lipinski definition) is 1. The first-order chi connectivity index (χ1) is 6.35. The second-order valence-corrected chi connectivity index (χ2v) is 2.52. The van der Waals surface area contributed by atoms with Crippen molar-refractivity contribution in [3.8, 4) is 0 Å². The van der Waals surface area contributed by atoms with Crippen LogP contribution in [0.15, 0.2) is 18.2 Å². The zero-order valence-electron chi connectivity index (χ0n) is 7.06. The lowest BCUT2D eigenvalue weighted by Gasteiger charge is -1.92. The lowest BCUT2D eigenvalue weighted by Crippen LogP contribution is -1.96. The fourth-order valence-electron chi connectivity index (χ4n) is 1.12. The van der Waals surface area contributed by atoms with Crippen molar-refractivity contribution in [3.63, 3.8) is 0 Å². The fraction of sp³-hybridized carbons (Fsp3) is 0.125. The monoisotopic (exact) mass is 176 g/mol. The minimum absolute atomic E-state index is 0.492. The highest BCUT2D eigenvalue weighted by atomic mass is 16.1. The van der Waals surface area contributed by atoms with Crippen molar-refractivity contribution in [3.05, 3.63) is 23.9 Å². The van der Waals surface area contributed by atoms with Gasteiger partial charge in [-0.05, 0) is 12.1 Å². The minimum atomic E-state index is 0.492. The predicted octanol–water partition coefficient (Wildman–Crippen LogP) is 0.583. The minimum Gasteiger partial charge on any atom is -0.356 e. The van der Waals surface area contributed by atoms with E-state index >= 15 is 0 Å². The van der Waals surface area contributed by atoms with Gasteiger partial charge in [0, 0.05) is 7.05 Å². The summed E-state index contributed by atoms with van der Waals surface area (Å²) in [6, 6.07) is 5.25. The Morgan fingerprint density at radius 2 is 2.38 bits per heavy atom. The van der Waals surface area contributed by atoms with Gasteiger partial charge in [-0.25, -0.2) is 4.52 Å². The van der Waals surface area contributed by atoms with Gasteiger partial charge in [0.1, 0.15) is 5.69 Å². The van der Waals surface area contributed by atoms with Crippen LogP contribution in [0.4, 0.5) is 5.95 Å². The van der Waals surface area contributed by atoms with E-state index in [9.17, 15) is 4.79 Å². The molecule has 2 heterocycles. The van der Waals surface area contributed by atoms with Crippen molar-refractivity contribution < 1.29 is 4.79 Å². The van der Waals surface area contributed by atoms with Gasteiger partial charge in [-0.2, -0.15) is 4.98 Å². The second-order valence-electron chi connectivity index (χ2n) is 2.52. The van der Waals surface area contributed by atoms with Crippen LogP contribution in [0.5, 0.6) is 0 Å². The summed E-state index contributed by atoms with van der Waals surface area (Å²) in [5.41, 5.74) is 1.15. The average molecular weight is 176 g/mol. The van der Waals surface area contributed by atoms with Crippen LogP contribution in [0.3, 0.4) is 0 Å². The molecule has 2 aromatic heterocycles. The lowest BCUT2D eigenvalue weighted by molar-refractivity contribution is 0.111. The Hall–Kier alpha value is -1.91. The highest BCUT2D eigenvalue weighted by Crippen LogP contribution is 2.06. The topological polar surface area (TPSA) is 59.3 Å². The highest BCUT2D eigenvalue weighted by Gasteiger charge is 2.03. The number of fused-ring (bicyclic) bond motifs is 1. The zero-order chi connectivity index (χ0) is 9.26. The number of carbonyl (C=O) groups excluding carboxylic acids is 1. The summed E-state index contributed by atoms with van der Waals surface area (Å²) in [7, 11) is 1.73. The number of nitrogens with zero attached hydrogens (tertiary/aromatic N) is 3. The number of aldehydes is 1.